The summed E-state index contributed by atoms with van der Waals surface area (Å²) in [6, 6.07) is 30.0. The quantitative estimate of drug-likeness (QED) is 0.00767. The molecule has 4 aliphatic carbocycles. The van der Waals surface area contributed by atoms with Gasteiger partial charge in [-0.2, -0.15) is 0 Å². The molecule has 117 heavy (non-hydrogen) atoms. The Kier molecular flexibility index (Phi) is 31.7. The number of nitrogens with two attached hydrogens (primary N) is 1. The molecular weight excluding hydrogens is 1500 g/mol. The van der Waals surface area contributed by atoms with Crippen molar-refractivity contribution in [1.82, 2.24) is 37.2 Å². The summed E-state index contributed by atoms with van der Waals surface area (Å²) in [5.74, 6) is 2.49. The summed E-state index contributed by atoms with van der Waals surface area (Å²) < 4.78 is 33.1. The molecule has 0 aromatic heterocycles. The number of hydrogen-bond acceptors (Lipinski definition) is 18. The Morgan fingerprint density at radius 1 is 0.556 bits per heavy atom. The van der Waals surface area contributed by atoms with E-state index in [1.807, 2.05) is 92.7 Å². The highest BCUT2D eigenvalue weighted by Crippen LogP contribution is 2.60. The molecule has 1 heterocycles. The Hall–Kier alpha value is -10.8. The van der Waals surface area contributed by atoms with Gasteiger partial charge in [0.1, 0.15) is 44.3 Å². The van der Waals surface area contributed by atoms with Crippen LogP contribution in [0.4, 0.5) is 26.7 Å². The van der Waals surface area contributed by atoms with Crippen LogP contribution in [0.25, 0.3) is 0 Å². The van der Waals surface area contributed by atoms with Gasteiger partial charge in [0, 0.05) is 54.9 Å². The molecule has 5 aromatic carbocycles. The van der Waals surface area contributed by atoms with E-state index in [1.54, 1.807) is 49.1 Å². The van der Waals surface area contributed by atoms with Crippen LogP contribution in [-0.2, 0) is 108 Å². The molecule has 0 unspecified atom stereocenters. The van der Waals surface area contributed by atoms with Crippen LogP contribution in [0.1, 0.15) is 170 Å². The molecule has 2 saturated carbocycles. The first-order valence-corrected chi connectivity index (χ1v) is 40.6. The number of rotatable bonds is 39. The van der Waals surface area contributed by atoms with Gasteiger partial charge in [-0.1, -0.05) is 121 Å². The number of nitrogens with one attached hydrogen (secondary N) is 9. The lowest BCUT2D eigenvalue weighted by Crippen LogP contribution is -2.60. The monoisotopic (exact) mass is 1610 g/mol. The Morgan fingerprint density at radius 3 is 1.81 bits per heavy atom. The number of phenolic OH excluding ortho intramolecular Hbond substituents is 1. The van der Waals surface area contributed by atoms with E-state index < -0.39 is 89.1 Å². The fourth-order valence-electron chi connectivity index (χ4n) is 17.4. The number of amides is 12. The van der Waals surface area contributed by atoms with Crippen LogP contribution < -0.4 is 58.5 Å². The number of nitrogens with zero attached hydrogens (tertiary/aromatic N) is 1. The van der Waals surface area contributed by atoms with Gasteiger partial charge in [0.2, 0.25) is 53.2 Å². The zero-order valence-electron chi connectivity index (χ0n) is 67.9. The van der Waals surface area contributed by atoms with Crippen LogP contribution >= 0.6 is 0 Å². The van der Waals surface area contributed by atoms with Gasteiger partial charge in [-0.3, -0.25) is 48.5 Å². The Morgan fingerprint density at radius 2 is 1.15 bits per heavy atom. The Labute approximate surface area is 683 Å². The van der Waals surface area contributed by atoms with Crippen molar-refractivity contribution in [1.29, 1.82) is 0 Å². The number of imide groups is 1. The lowest BCUT2D eigenvalue weighted by atomic mass is 9.49. The van der Waals surface area contributed by atoms with Gasteiger partial charge in [0.15, 0.2) is 0 Å². The third kappa shape index (κ3) is 23.8. The number of anilines is 3. The second-order valence-corrected chi connectivity index (χ2v) is 32.1. The van der Waals surface area contributed by atoms with E-state index in [-0.39, 0.29) is 138 Å². The normalized spacial score (nSPS) is 20.6. The largest absolute Gasteiger partial charge is 0.508 e. The van der Waals surface area contributed by atoms with E-state index in [1.165, 1.54) is 5.56 Å². The average Bonchev–Trinajstić information content (AvgIpc) is 0.721. The number of carbonyl (C=O) groups excluding carboxylic acids is 11. The van der Waals surface area contributed by atoms with Crippen LogP contribution in [0.15, 0.2) is 109 Å². The molecule has 8 atom stereocenters. The number of phenols is 1. The van der Waals surface area contributed by atoms with Crippen LogP contribution in [0.2, 0.25) is 0 Å². The predicted molar refractivity (Wildman–Crippen MR) is 437 cm³/mol. The standard InChI is InChI=1S/C88H113N11O18/c1-57(2)78(97-74(102)35-42-112-44-46-114-48-49-115-47-45-113-43-41-90-73(101)33-34-77(105)99-53-63-16-8-7-14-59(63)21-22-62-15-9-10-18-70(62)99)80(107)96-69(17-11-40-91-83(89)110)79(106)95-64-27-19-58(20-28-64)54-117-84(111)92-52-75(103)93-56-116-55-76(104)94-65-29-23-60-25-31-71-85(3,67(60)50-65)36-12-38-87(71,5)81(108)98-82(109)88(6)39-13-37-86(4)68-51-66(100)30-24-61(68)26-32-72(86)88/h7-10,14-16,18-20,23-24,27-30,50-51,57,69,71-72,78,100H,11-13,17,25-26,31-49,52-56H2,1-6H3,(H,90,101)(H,92,111)(H,93,103)(H,94,104)(H,95,106)(H,96,107)(H,97,102)(H3,89,91,110)(H,98,108,109)/t69-,71+,72+,78-,85+,86+,87-,88-/m0/s1. The number of fused-ring (bicyclic) bond motifs is 8. The number of primary amides is 1. The molecule has 628 valence electrons. The number of aromatic hydroxyl groups is 1. The molecule has 0 bridgehead atoms. The summed E-state index contributed by atoms with van der Waals surface area (Å²) in [4.78, 5) is 148. The van der Waals surface area contributed by atoms with Gasteiger partial charge < -0.3 is 86.7 Å². The van der Waals surface area contributed by atoms with E-state index in [2.05, 4.69) is 73.5 Å². The molecule has 29 heteroatoms. The molecule has 5 aliphatic rings. The van der Waals surface area contributed by atoms with Crippen LogP contribution in [0, 0.1) is 40.4 Å². The minimum Gasteiger partial charge on any atom is -0.508 e. The third-order valence-electron chi connectivity index (χ3n) is 23.6. The summed E-state index contributed by atoms with van der Waals surface area (Å²) in [6.45, 7) is 13.2. The van der Waals surface area contributed by atoms with Crippen molar-refractivity contribution >= 4 is 82.4 Å². The maximum Gasteiger partial charge on any atom is 0.407 e. The summed E-state index contributed by atoms with van der Waals surface area (Å²) in [5.41, 5.74) is 12.1. The topological polar surface area (TPSA) is 401 Å². The fraction of sp³-hybridized carbons (Fsp3) is 0.511. The summed E-state index contributed by atoms with van der Waals surface area (Å²) in [7, 11) is 0. The zero-order valence-corrected chi connectivity index (χ0v) is 67.9. The molecule has 2 fully saturated rings. The van der Waals surface area contributed by atoms with E-state index in [9.17, 15) is 57.8 Å². The summed E-state index contributed by atoms with van der Waals surface area (Å²) in [6.07, 6.45) is 7.20. The smallest absolute Gasteiger partial charge is 0.407 e. The van der Waals surface area contributed by atoms with Gasteiger partial charge in [-0.25, -0.2) is 9.59 Å². The van der Waals surface area contributed by atoms with Gasteiger partial charge in [-0.05, 0) is 181 Å². The number of ether oxygens (including phenoxy) is 6. The molecule has 0 radical (unpaired) electrons. The molecule has 12 N–H and O–H groups in total. The van der Waals surface area contributed by atoms with Crippen molar-refractivity contribution in [3.05, 3.63) is 154 Å². The van der Waals surface area contributed by atoms with Crippen LogP contribution in [0.5, 0.6) is 5.75 Å². The molecule has 1 aliphatic heterocycles. The number of carbonyl (C=O) groups is 11. The van der Waals surface area contributed by atoms with Gasteiger partial charge >= 0.3 is 12.1 Å². The highest BCUT2D eigenvalue weighted by molar-refractivity contribution is 6.02. The van der Waals surface area contributed by atoms with Crippen molar-refractivity contribution in [2.75, 3.05) is 101 Å². The van der Waals surface area contributed by atoms with E-state index >= 15 is 0 Å². The Bertz CT molecular complexity index is 4450. The van der Waals surface area contributed by atoms with Crippen LogP contribution in [0.3, 0.4) is 0 Å². The molecular formula is C88H113N11O18. The van der Waals surface area contributed by atoms with Crippen molar-refractivity contribution in [2.45, 2.75) is 174 Å². The van der Waals surface area contributed by atoms with Crippen molar-refractivity contribution in [3.63, 3.8) is 0 Å². The lowest BCUT2D eigenvalue weighted by Gasteiger charge is -2.56. The van der Waals surface area contributed by atoms with Crippen molar-refractivity contribution in [3.8, 4) is 17.6 Å². The molecule has 0 spiro atoms. The number of urea groups is 1. The molecule has 0 saturated heterocycles. The molecule has 12 amide bonds. The first kappa shape index (κ1) is 88.6. The van der Waals surface area contributed by atoms with Gasteiger partial charge in [0.05, 0.1) is 75.9 Å². The number of hydrogen-bond donors (Lipinski definition) is 11. The second kappa shape index (κ2) is 41.9. The minimum atomic E-state index is -1.11. The van der Waals surface area contributed by atoms with Crippen molar-refractivity contribution < 1.29 is 86.3 Å². The summed E-state index contributed by atoms with van der Waals surface area (Å²) in [5, 5.41) is 34.8. The fourth-order valence-corrected chi connectivity index (χ4v) is 17.4. The lowest BCUT2D eigenvalue weighted by molar-refractivity contribution is -0.150. The maximum atomic E-state index is 14.7. The van der Waals surface area contributed by atoms with Crippen LogP contribution in [-0.4, -0.2) is 168 Å². The SMILES string of the molecule is CC(C)[C@H](NC(=O)CCOCCOCCOCCOCCNC(=O)CCC(=O)N1Cc2ccccc2C#Cc2ccccc21)C(=O)N[C@@H](CCCNC(N)=O)C(=O)Nc1ccc(COC(=O)NCC(=O)NCOCC(=O)Nc2ccc3c(c2)[C@@]2(C)CCC[C@](C)(C(=O)NC(=O)[C@@]4(C)CCC[C@]5(C)c6cc(O)ccc6CC[C@@H]45)[C@@H]2CC3)cc1. The Balaban J connectivity index is 0.562. The molecule has 10 rings (SSSR count). The number of alkyl carbamates (subject to hydrolysis) is 1. The third-order valence-corrected chi connectivity index (χ3v) is 23.6. The number of benzene rings is 5. The predicted octanol–water partition coefficient (Wildman–Crippen LogP) is 8.02. The van der Waals surface area contributed by atoms with Crippen molar-refractivity contribution in [2.24, 2.45) is 34.3 Å². The van der Waals surface area contributed by atoms with Gasteiger partial charge in [-0.15, -0.1) is 0 Å². The van der Waals surface area contributed by atoms with E-state index in [0.717, 1.165) is 84.7 Å². The first-order chi connectivity index (χ1) is 56.2. The highest BCUT2D eigenvalue weighted by atomic mass is 16.6. The molecule has 5 aromatic rings. The average molecular weight is 1610 g/mol. The van der Waals surface area contributed by atoms with E-state index in [0.29, 0.717) is 61.8 Å². The summed E-state index contributed by atoms with van der Waals surface area (Å²) >= 11 is 0. The zero-order chi connectivity index (χ0) is 83.7. The highest BCUT2D eigenvalue weighted by Gasteiger charge is 2.59. The minimum absolute atomic E-state index is 0.00137. The number of para-hydroxylation sites is 1. The van der Waals surface area contributed by atoms with Gasteiger partial charge in [0.25, 0.3) is 0 Å². The molecule has 29 nitrogen and oxygen atoms in total. The number of aryl methyl sites for hydroxylation is 2. The second-order valence-electron chi connectivity index (χ2n) is 32.1. The maximum absolute atomic E-state index is 14.7. The first-order valence-electron chi connectivity index (χ1n) is 40.6. The van der Waals surface area contributed by atoms with E-state index in [4.69, 9.17) is 34.2 Å².